The summed E-state index contributed by atoms with van der Waals surface area (Å²) in [4.78, 5) is 11.8. The van der Waals surface area contributed by atoms with E-state index in [-0.39, 0.29) is 25.3 Å². The van der Waals surface area contributed by atoms with Gasteiger partial charge in [0.15, 0.2) is 11.5 Å². The van der Waals surface area contributed by atoms with Gasteiger partial charge < -0.3 is 43.0 Å². The summed E-state index contributed by atoms with van der Waals surface area (Å²) in [7, 11) is 4.72. The van der Waals surface area contributed by atoms with E-state index < -0.39 is 5.91 Å². The number of ether oxygens (including phenoxy) is 3. The number of carbonyl (C=O) groups excluding carboxylic acids is 1. The maximum atomic E-state index is 11.8. The highest BCUT2D eigenvalue weighted by atomic mass is 35.5. The van der Waals surface area contributed by atoms with Crippen molar-refractivity contribution in [1.29, 1.82) is 0 Å². The van der Waals surface area contributed by atoms with E-state index in [9.17, 15) is 4.79 Å². The predicted octanol–water partition coefficient (Wildman–Crippen LogP) is -2.69. The molecule has 1 heterocycles. The van der Waals surface area contributed by atoms with Gasteiger partial charge in [-0.05, 0) is 16.4 Å². The van der Waals surface area contributed by atoms with Crippen LogP contribution in [0, 0.1) is 0 Å². The van der Waals surface area contributed by atoms with Crippen LogP contribution in [-0.2, 0) is 6.54 Å². The zero-order valence-corrected chi connectivity index (χ0v) is 15.4. The molecule has 2 rings (SSSR count). The molecule has 0 bridgehead atoms. The zero-order valence-electron chi connectivity index (χ0n) is 15.7. The van der Waals surface area contributed by atoms with Crippen molar-refractivity contribution in [2.24, 2.45) is 0 Å². The smallest absolute Gasteiger partial charge is 1.00 e. The maximum absolute atomic E-state index is 11.8. The van der Waals surface area contributed by atoms with E-state index in [2.05, 4.69) is 25.6 Å². The number of carbonyl (C=O) groups is 1. The molecule has 0 saturated heterocycles. The molecule has 2 aromatic rings. The molecular formula is C15H22ClN5O5. The van der Waals surface area contributed by atoms with Gasteiger partial charge in [-0.3, -0.25) is 4.79 Å². The highest BCUT2D eigenvalue weighted by Gasteiger charge is 2.15. The second-order valence-corrected chi connectivity index (χ2v) is 4.95. The highest BCUT2D eigenvalue weighted by molar-refractivity contribution is 5.95. The number of aromatic nitrogens is 2. The van der Waals surface area contributed by atoms with Gasteiger partial charge in [-0.1, -0.05) is 0 Å². The Morgan fingerprint density at radius 2 is 1.77 bits per heavy atom. The number of rotatable bonds is 9. The molecule has 0 aliphatic carbocycles. The molecule has 0 aliphatic rings. The Morgan fingerprint density at radius 1 is 1.12 bits per heavy atom. The van der Waals surface area contributed by atoms with Gasteiger partial charge in [-0.2, -0.15) is 0 Å². The normalized spacial score (nSPS) is 9.96. The van der Waals surface area contributed by atoms with E-state index >= 15 is 0 Å². The number of benzene rings is 1. The number of methoxy groups -OCH3 is 3. The molecule has 0 radical (unpaired) electrons. The van der Waals surface area contributed by atoms with E-state index in [1.54, 1.807) is 27.4 Å². The summed E-state index contributed by atoms with van der Waals surface area (Å²) in [5.41, 5.74) is 6.32. The number of anilines is 1. The van der Waals surface area contributed by atoms with Crippen molar-refractivity contribution < 1.29 is 37.5 Å². The lowest BCUT2D eigenvalue weighted by Crippen LogP contribution is -3.00. The van der Waals surface area contributed by atoms with Gasteiger partial charge in [0.2, 0.25) is 11.5 Å². The third kappa shape index (κ3) is 5.14. The summed E-state index contributed by atoms with van der Waals surface area (Å²) in [5, 5.41) is 12.6. The molecule has 4 N–H and O–H groups in total. The molecular weight excluding hydrogens is 366 g/mol. The molecule has 10 nitrogen and oxygen atoms in total. The number of nitrogens with zero attached hydrogens (tertiary/aromatic N) is 2. The fourth-order valence-corrected chi connectivity index (χ4v) is 2.15. The number of nitrogens with two attached hydrogens (primary N) is 1. The number of nitrogens with one attached hydrogen (secondary N) is 2. The third-order valence-electron chi connectivity index (χ3n) is 3.42. The zero-order chi connectivity index (χ0) is 18.2. The van der Waals surface area contributed by atoms with Crippen molar-refractivity contribution in [3.63, 3.8) is 0 Å². The molecule has 0 saturated carbocycles. The topological polar surface area (TPSA) is 134 Å². The average Bonchev–Trinajstić information content (AvgIpc) is 3.06. The summed E-state index contributed by atoms with van der Waals surface area (Å²) in [6.07, 6.45) is 0. The number of nitrogen functional groups attached to an aromatic ring is 1. The SMILES string of the molecule is COc1cc(OC)c(OC)cc1CNCCNC(=O)c1nonc1N.[Cl-].[H+]. The van der Waals surface area contributed by atoms with Crippen LogP contribution in [0.1, 0.15) is 17.5 Å². The predicted molar refractivity (Wildman–Crippen MR) is 90.0 cm³/mol. The van der Waals surface area contributed by atoms with Crippen LogP contribution in [0.2, 0.25) is 0 Å². The number of hydrogen-bond acceptors (Lipinski definition) is 9. The van der Waals surface area contributed by atoms with Gasteiger partial charge in [0, 0.05) is 31.3 Å². The van der Waals surface area contributed by atoms with E-state index in [0.29, 0.717) is 36.9 Å². The Balaban J connectivity index is 0.00000338. The van der Waals surface area contributed by atoms with Gasteiger partial charge >= 0.3 is 1.43 Å². The molecule has 1 aromatic heterocycles. The molecule has 0 atom stereocenters. The highest BCUT2D eigenvalue weighted by Crippen LogP contribution is 2.34. The van der Waals surface area contributed by atoms with E-state index in [4.69, 9.17) is 19.9 Å². The van der Waals surface area contributed by atoms with Crippen molar-refractivity contribution >= 4 is 11.7 Å². The summed E-state index contributed by atoms with van der Waals surface area (Å²) in [6.45, 7) is 1.42. The molecule has 1 amide bonds. The lowest BCUT2D eigenvalue weighted by Gasteiger charge is -2.14. The van der Waals surface area contributed by atoms with Crippen LogP contribution >= 0.6 is 0 Å². The molecule has 0 unspecified atom stereocenters. The number of amides is 1. The first kappa shape index (κ1) is 21.3. The second-order valence-electron chi connectivity index (χ2n) is 4.95. The molecule has 144 valence electrons. The van der Waals surface area contributed by atoms with Crippen LogP contribution < -0.4 is 43.0 Å². The lowest BCUT2D eigenvalue weighted by molar-refractivity contribution is -0.0000149. The van der Waals surface area contributed by atoms with Crippen molar-refractivity contribution in [2.45, 2.75) is 6.54 Å². The molecule has 1 aromatic carbocycles. The van der Waals surface area contributed by atoms with Crippen LogP contribution in [-0.4, -0.2) is 50.6 Å². The molecule has 0 aliphatic heterocycles. The number of hydrogen-bond donors (Lipinski definition) is 3. The minimum atomic E-state index is -0.441. The number of halogens is 1. The molecule has 0 fully saturated rings. The van der Waals surface area contributed by atoms with Gasteiger partial charge in [-0.15, -0.1) is 0 Å². The second kappa shape index (κ2) is 10.3. The van der Waals surface area contributed by atoms with Gasteiger partial charge in [0.25, 0.3) is 5.91 Å². The first-order valence-electron chi connectivity index (χ1n) is 7.46. The van der Waals surface area contributed by atoms with Crippen LogP contribution in [0.3, 0.4) is 0 Å². The fourth-order valence-electron chi connectivity index (χ4n) is 2.15. The Morgan fingerprint density at radius 3 is 2.35 bits per heavy atom. The quantitative estimate of drug-likeness (QED) is 0.393. The summed E-state index contributed by atoms with van der Waals surface area (Å²) >= 11 is 0. The van der Waals surface area contributed by atoms with E-state index in [0.717, 1.165) is 5.56 Å². The molecule has 11 heteroatoms. The van der Waals surface area contributed by atoms with Crippen molar-refractivity contribution in [2.75, 3.05) is 40.2 Å². The molecule has 0 spiro atoms. The monoisotopic (exact) mass is 387 g/mol. The van der Waals surface area contributed by atoms with E-state index in [1.165, 1.54) is 0 Å². The van der Waals surface area contributed by atoms with E-state index in [1.807, 2.05) is 6.07 Å². The van der Waals surface area contributed by atoms with Crippen LogP contribution in [0.15, 0.2) is 16.8 Å². The fraction of sp³-hybridized carbons (Fsp3) is 0.400. The third-order valence-corrected chi connectivity index (χ3v) is 3.42. The maximum Gasteiger partial charge on any atom is 1.00 e. The Bertz CT molecular complexity index is 731. The average molecular weight is 388 g/mol. The Kier molecular flexibility index (Phi) is 8.46. The molecule has 26 heavy (non-hydrogen) atoms. The van der Waals surface area contributed by atoms with Gasteiger partial charge in [0.05, 0.1) is 21.3 Å². The van der Waals surface area contributed by atoms with Crippen molar-refractivity contribution in [1.82, 2.24) is 20.9 Å². The first-order valence-corrected chi connectivity index (χ1v) is 7.46. The summed E-state index contributed by atoms with van der Waals surface area (Å²) in [5.74, 6) is 1.40. The van der Waals surface area contributed by atoms with Crippen LogP contribution in [0.25, 0.3) is 0 Å². The lowest BCUT2D eigenvalue weighted by atomic mass is 10.1. The summed E-state index contributed by atoms with van der Waals surface area (Å²) < 4.78 is 20.3. The standard InChI is InChI=1S/C15H21N5O5.ClH/c1-22-10-7-12(24-3)11(23-2)6-9(10)8-17-4-5-18-15(21)13-14(16)20-25-19-13;/h6-7,17H,4-5,8H2,1-3H3,(H2,16,20)(H,18,21);1H. The van der Waals surface area contributed by atoms with Crippen LogP contribution in [0.5, 0.6) is 17.2 Å². The largest absolute Gasteiger partial charge is 1.00 e. The van der Waals surface area contributed by atoms with Gasteiger partial charge in [-0.25, -0.2) is 4.63 Å². The van der Waals surface area contributed by atoms with Crippen LogP contribution in [0.4, 0.5) is 5.82 Å². The Labute approximate surface area is 158 Å². The minimum Gasteiger partial charge on any atom is -1.00 e. The summed E-state index contributed by atoms with van der Waals surface area (Å²) in [6, 6.07) is 3.60. The van der Waals surface area contributed by atoms with Crippen molar-refractivity contribution in [3.8, 4) is 17.2 Å². The van der Waals surface area contributed by atoms with Gasteiger partial charge in [0.1, 0.15) is 5.75 Å². The minimum absolute atomic E-state index is 0. The first-order chi connectivity index (χ1) is 12.1. The Hall–Kier alpha value is -2.72. The van der Waals surface area contributed by atoms with Crippen molar-refractivity contribution in [3.05, 3.63) is 23.4 Å².